The topological polar surface area (TPSA) is 69.6 Å². The summed E-state index contributed by atoms with van der Waals surface area (Å²) in [5.74, 6) is 0.199. The summed E-state index contributed by atoms with van der Waals surface area (Å²) in [6, 6.07) is 8.27. The van der Waals surface area contributed by atoms with Gasteiger partial charge in [0.2, 0.25) is 11.8 Å². The Kier molecular flexibility index (Phi) is 5.04. The number of nitrogens with zero attached hydrogens (tertiary/aromatic N) is 1. The number of allylic oxidation sites excluding steroid dienone is 2. The SMILES string of the molecule is CC(=O)NC[C@H]1[C@@H](c2ccc(C3=CCCC3)cc2)[C@@H](CO)N1C(=O)C1CC1. The molecule has 1 heterocycles. The number of aliphatic hydroxyl groups excluding tert-OH is 1. The molecule has 0 radical (unpaired) electrons. The normalized spacial score (nSPS) is 27.1. The Morgan fingerprint density at radius 3 is 2.48 bits per heavy atom. The molecule has 0 spiro atoms. The van der Waals surface area contributed by atoms with Gasteiger partial charge in [-0.25, -0.2) is 0 Å². The predicted octanol–water partition coefficient (Wildman–Crippen LogP) is 2.46. The Morgan fingerprint density at radius 2 is 1.93 bits per heavy atom. The van der Waals surface area contributed by atoms with Crippen molar-refractivity contribution in [2.75, 3.05) is 13.2 Å². The predicted molar refractivity (Wildman–Crippen MR) is 104 cm³/mol. The van der Waals surface area contributed by atoms with Gasteiger partial charge in [0.15, 0.2) is 0 Å². The molecule has 0 aromatic heterocycles. The lowest BCUT2D eigenvalue weighted by Crippen LogP contribution is -2.68. The lowest BCUT2D eigenvalue weighted by molar-refractivity contribution is -0.152. The van der Waals surface area contributed by atoms with Crippen LogP contribution < -0.4 is 5.32 Å². The zero-order chi connectivity index (χ0) is 19.0. The fraction of sp³-hybridized carbons (Fsp3) is 0.545. The van der Waals surface area contributed by atoms with E-state index in [2.05, 4.69) is 35.7 Å². The van der Waals surface area contributed by atoms with Gasteiger partial charge < -0.3 is 15.3 Å². The Hall–Kier alpha value is -2.14. The van der Waals surface area contributed by atoms with Crippen LogP contribution in [0.2, 0.25) is 0 Å². The van der Waals surface area contributed by atoms with E-state index in [1.54, 1.807) is 0 Å². The van der Waals surface area contributed by atoms with E-state index in [9.17, 15) is 14.7 Å². The number of likely N-dealkylation sites (tertiary alicyclic amines) is 1. The fourth-order valence-corrected chi connectivity index (χ4v) is 4.59. The first-order valence-electron chi connectivity index (χ1n) is 10.1. The van der Waals surface area contributed by atoms with Crippen molar-refractivity contribution < 1.29 is 14.7 Å². The molecule has 2 N–H and O–H groups in total. The van der Waals surface area contributed by atoms with Crippen molar-refractivity contribution in [2.45, 2.75) is 57.0 Å². The fourth-order valence-electron chi connectivity index (χ4n) is 4.59. The van der Waals surface area contributed by atoms with Gasteiger partial charge in [-0.15, -0.1) is 0 Å². The number of nitrogens with one attached hydrogen (secondary N) is 1. The van der Waals surface area contributed by atoms with Gasteiger partial charge in [0.25, 0.3) is 0 Å². The highest BCUT2D eigenvalue weighted by Crippen LogP contribution is 2.44. The lowest BCUT2D eigenvalue weighted by atomic mass is 9.74. The van der Waals surface area contributed by atoms with Gasteiger partial charge in [0, 0.05) is 25.3 Å². The van der Waals surface area contributed by atoms with E-state index in [1.165, 1.54) is 24.5 Å². The molecule has 2 amide bonds. The second-order valence-corrected chi connectivity index (χ2v) is 8.04. The van der Waals surface area contributed by atoms with Crippen molar-refractivity contribution >= 4 is 17.4 Å². The summed E-state index contributed by atoms with van der Waals surface area (Å²) in [7, 11) is 0. The summed E-state index contributed by atoms with van der Waals surface area (Å²) in [6.45, 7) is 1.88. The van der Waals surface area contributed by atoms with Crippen molar-refractivity contribution in [2.24, 2.45) is 5.92 Å². The average Bonchev–Trinajstić information content (AvgIpc) is 3.36. The highest BCUT2D eigenvalue weighted by atomic mass is 16.3. The standard InChI is InChI=1S/C22H28N2O3/c1-14(26)23-12-19-21(20(13-25)24(19)22(27)18-10-11-18)17-8-6-16(7-9-17)15-4-2-3-5-15/h4,6-9,18-21,25H,2-3,5,10-13H2,1H3,(H,23,26)/t19-,20+,21+/m0/s1. The van der Waals surface area contributed by atoms with E-state index in [-0.39, 0.29) is 42.3 Å². The molecule has 3 atom stereocenters. The monoisotopic (exact) mass is 368 g/mol. The number of amides is 2. The first kappa shape index (κ1) is 18.2. The number of benzene rings is 1. The van der Waals surface area contributed by atoms with Crippen molar-refractivity contribution in [3.8, 4) is 0 Å². The second kappa shape index (κ2) is 7.47. The molecule has 5 nitrogen and oxygen atoms in total. The Morgan fingerprint density at radius 1 is 1.19 bits per heavy atom. The van der Waals surface area contributed by atoms with Crippen LogP contribution in [0.15, 0.2) is 30.3 Å². The molecular weight excluding hydrogens is 340 g/mol. The summed E-state index contributed by atoms with van der Waals surface area (Å²) in [6.07, 6.45) is 7.71. The summed E-state index contributed by atoms with van der Waals surface area (Å²) < 4.78 is 0. The Balaban J connectivity index is 1.56. The third-order valence-electron chi connectivity index (χ3n) is 6.18. The number of hydrogen-bond acceptors (Lipinski definition) is 3. The van der Waals surface area contributed by atoms with Gasteiger partial charge in [-0.3, -0.25) is 9.59 Å². The maximum absolute atomic E-state index is 12.7. The van der Waals surface area contributed by atoms with Gasteiger partial charge in [-0.05, 0) is 48.8 Å². The van der Waals surface area contributed by atoms with E-state index in [0.717, 1.165) is 31.2 Å². The van der Waals surface area contributed by atoms with Crippen LogP contribution in [-0.4, -0.2) is 47.1 Å². The molecule has 3 aliphatic rings. The van der Waals surface area contributed by atoms with Crippen molar-refractivity contribution in [3.05, 3.63) is 41.5 Å². The zero-order valence-electron chi connectivity index (χ0n) is 15.9. The number of rotatable bonds is 6. The van der Waals surface area contributed by atoms with Crippen LogP contribution >= 0.6 is 0 Å². The van der Waals surface area contributed by atoms with Crippen molar-refractivity contribution in [1.29, 1.82) is 0 Å². The molecule has 0 unspecified atom stereocenters. The first-order chi connectivity index (χ1) is 13.1. The molecule has 0 bridgehead atoms. The molecule has 4 rings (SSSR count). The Bertz CT molecular complexity index is 751. The van der Waals surface area contributed by atoms with E-state index in [1.807, 2.05) is 4.90 Å². The summed E-state index contributed by atoms with van der Waals surface area (Å²) in [5.41, 5.74) is 3.81. The van der Waals surface area contributed by atoms with Gasteiger partial charge in [-0.2, -0.15) is 0 Å². The molecule has 1 saturated carbocycles. The van der Waals surface area contributed by atoms with Crippen LogP contribution in [-0.2, 0) is 9.59 Å². The number of hydrogen-bond donors (Lipinski definition) is 2. The van der Waals surface area contributed by atoms with E-state index in [0.29, 0.717) is 6.54 Å². The molecule has 1 aromatic carbocycles. The summed E-state index contributed by atoms with van der Waals surface area (Å²) in [4.78, 5) is 26.0. The molecule has 1 aromatic rings. The number of aliphatic hydroxyl groups is 1. The molecule has 144 valence electrons. The van der Waals surface area contributed by atoms with Gasteiger partial charge in [0.1, 0.15) is 0 Å². The third-order valence-corrected chi connectivity index (χ3v) is 6.18. The number of carbonyl (C=O) groups excluding carboxylic acids is 2. The molecule has 1 saturated heterocycles. The van der Waals surface area contributed by atoms with E-state index < -0.39 is 0 Å². The average molecular weight is 368 g/mol. The van der Waals surface area contributed by atoms with Gasteiger partial charge in [0.05, 0.1) is 18.7 Å². The van der Waals surface area contributed by atoms with Gasteiger partial charge >= 0.3 is 0 Å². The molecule has 2 aliphatic carbocycles. The minimum atomic E-state index is -0.201. The lowest BCUT2D eigenvalue weighted by Gasteiger charge is -2.55. The highest BCUT2D eigenvalue weighted by molar-refractivity contribution is 5.83. The van der Waals surface area contributed by atoms with Crippen molar-refractivity contribution in [1.82, 2.24) is 10.2 Å². The van der Waals surface area contributed by atoms with Crippen LogP contribution in [0.4, 0.5) is 0 Å². The maximum atomic E-state index is 12.7. The highest BCUT2D eigenvalue weighted by Gasteiger charge is 2.53. The number of carbonyl (C=O) groups is 2. The van der Waals surface area contributed by atoms with E-state index in [4.69, 9.17) is 0 Å². The van der Waals surface area contributed by atoms with Crippen LogP contribution in [0.5, 0.6) is 0 Å². The molecule has 27 heavy (non-hydrogen) atoms. The van der Waals surface area contributed by atoms with Crippen LogP contribution in [0, 0.1) is 5.92 Å². The maximum Gasteiger partial charge on any atom is 0.226 e. The van der Waals surface area contributed by atoms with Crippen LogP contribution in [0.1, 0.15) is 56.1 Å². The van der Waals surface area contributed by atoms with Crippen LogP contribution in [0.3, 0.4) is 0 Å². The molecular formula is C22H28N2O3. The minimum Gasteiger partial charge on any atom is -0.394 e. The third kappa shape index (κ3) is 3.53. The van der Waals surface area contributed by atoms with Crippen molar-refractivity contribution in [3.63, 3.8) is 0 Å². The van der Waals surface area contributed by atoms with Gasteiger partial charge in [-0.1, -0.05) is 30.3 Å². The summed E-state index contributed by atoms with van der Waals surface area (Å²) >= 11 is 0. The first-order valence-corrected chi connectivity index (χ1v) is 10.1. The molecule has 2 fully saturated rings. The van der Waals surface area contributed by atoms with E-state index >= 15 is 0 Å². The second-order valence-electron chi connectivity index (χ2n) is 8.04. The largest absolute Gasteiger partial charge is 0.394 e. The van der Waals surface area contributed by atoms with Crippen LogP contribution in [0.25, 0.3) is 5.57 Å². The summed E-state index contributed by atoms with van der Waals surface area (Å²) in [5, 5.41) is 12.8. The zero-order valence-corrected chi connectivity index (χ0v) is 15.9. The minimum absolute atomic E-state index is 0.0490. The molecule has 5 heteroatoms. The quantitative estimate of drug-likeness (QED) is 0.810. The smallest absolute Gasteiger partial charge is 0.226 e. The molecule has 1 aliphatic heterocycles. The Labute approximate surface area is 160 Å².